The van der Waals surface area contributed by atoms with E-state index in [-0.39, 0.29) is 0 Å². The van der Waals surface area contributed by atoms with Crippen LogP contribution in [0.4, 0.5) is 0 Å². The van der Waals surface area contributed by atoms with E-state index in [9.17, 15) is 0 Å². The van der Waals surface area contributed by atoms with Gasteiger partial charge in [0.2, 0.25) is 0 Å². The molecule has 14 heavy (non-hydrogen) atoms. The summed E-state index contributed by atoms with van der Waals surface area (Å²) in [7, 11) is 0. The SMILES string of the molecule is CCCCC1(c2ccc(C)cc2)CC1. The van der Waals surface area contributed by atoms with E-state index in [1.807, 2.05) is 0 Å². The number of hydrogen-bond donors (Lipinski definition) is 0. The first kappa shape index (κ1) is 9.76. The molecule has 1 aliphatic carbocycles. The van der Waals surface area contributed by atoms with Crippen molar-refractivity contribution in [2.24, 2.45) is 0 Å². The van der Waals surface area contributed by atoms with Gasteiger partial charge in [-0.1, -0.05) is 49.6 Å². The maximum atomic E-state index is 2.33. The average molecular weight is 188 g/mol. The Morgan fingerprint density at radius 1 is 1.14 bits per heavy atom. The van der Waals surface area contributed by atoms with E-state index in [0.29, 0.717) is 5.41 Å². The molecule has 1 aromatic rings. The third kappa shape index (κ3) is 1.84. The van der Waals surface area contributed by atoms with Gasteiger partial charge in [-0.05, 0) is 37.2 Å². The monoisotopic (exact) mass is 188 g/mol. The van der Waals surface area contributed by atoms with Crippen LogP contribution in [0.15, 0.2) is 24.3 Å². The van der Waals surface area contributed by atoms with Gasteiger partial charge in [0.05, 0.1) is 0 Å². The molecule has 2 rings (SSSR count). The van der Waals surface area contributed by atoms with Crippen LogP contribution in [0, 0.1) is 6.92 Å². The highest BCUT2D eigenvalue weighted by molar-refractivity contribution is 5.33. The molecule has 0 unspecified atom stereocenters. The minimum absolute atomic E-state index is 0.587. The highest BCUT2D eigenvalue weighted by Crippen LogP contribution is 2.51. The van der Waals surface area contributed by atoms with Gasteiger partial charge in [0.15, 0.2) is 0 Å². The Morgan fingerprint density at radius 2 is 1.79 bits per heavy atom. The first-order valence-electron chi connectivity index (χ1n) is 5.84. The van der Waals surface area contributed by atoms with Gasteiger partial charge in [-0.3, -0.25) is 0 Å². The average Bonchev–Trinajstić information content (AvgIpc) is 2.97. The molecule has 0 heterocycles. The van der Waals surface area contributed by atoms with Gasteiger partial charge in [-0.2, -0.15) is 0 Å². The zero-order chi connectivity index (χ0) is 10.0. The predicted molar refractivity (Wildman–Crippen MR) is 61.6 cm³/mol. The largest absolute Gasteiger partial charge is 0.0654 e. The van der Waals surface area contributed by atoms with Gasteiger partial charge in [0.25, 0.3) is 0 Å². The second-order valence-corrected chi connectivity index (χ2v) is 4.75. The summed E-state index contributed by atoms with van der Waals surface area (Å²) in [6.07, 6.45) is 6.93. The fraction of sp³-hybridized carbons (Fsp3) is 0.571. The highest BCUT2D eigenvalue weighted by Gasteiger charge is 2.42. The molecule has 0 heteroatoms. The second-order valence-electron chi connectivity index (χ2n) is 4.75. The van der Waals surface area contributed by atoms with Crippen LogP contribution in [-0.2, 0) is 5.41 Å². The normalized spacial score (nSPS) is 18.1. The number of aryl methyl sites for hydroxylation is 1. The van der Waals surface area contributed by atoms with Crippen molar-refractivity contribution in [2.45, 2.75) is 51.4 Å². The van der Waals surface area contributed by atoms with Crippen LogP contribution in [0.25, 0.3) is 0 Å². The van der Waals surface area contributed by atoms with Gasteiger partial charge >= 0.3 is 0 Å². The molecule has 0 spiro atoms. The lowest BCUT2D eigenvalue weighted by Gasteiger charge is -2.15. The first-order valence-corrected chi connectivity index (χ1v) is 5.84. The summed E-state index contributed by atoms with van der Waals surface area (Å²) in [6.45, 7) is 4.45. The molecule has 0 amide bonds. The van der Waals surface area contributed by atoms with E-state index < -0.39 is 0 Å². The van der Waals surface area contributed by atoms with Gasteiger partial charge in [0.1, 0.15) is 0 Å². The lowest BCUT2D eigenvalue weighted by atomic mass is 9.90. The molecule has 0 N–H and O–H groups in total. The molecule has 0 nitrogen and oxygen atoms in total. The number of rotatable bonds is 4. The molecule has 0 atom stereocenters. The predicted octanol–water partition coefficient (Wildman–Crippen LogP) is 4.22. The number of hydrogen-bond acceptors (Lipinski definition) is 0. The van der Waals surface area contributed by atoms with Gasteiger partial charge in [-0.25, -0.2) is 0 Å². The number of unbranched alkanes of at least 4 members (excludes halogenated alkanes) is 1. The van der Waals surface area contributed by atoms with Crippen molar-refractivity contribution in [1.82, 2.24) is 0 Å². The van der Waals surface area contributed by atoms with Crippen LogP contribution in [0.1, 0.15) is 50.2 Å². The fourth-order valence-electron chi connectivity index (χ4n) is 2.26. The summed E-state index contributed by atoms with van der Waals surface area (Å²) in [6, 6.07) is 9.17. The summed E-state index contributed by atoms with van der Waals surface area (Å²) >= 11 is 0. The third-order valence-electron chi connectivity index (χ3n) is 3.53. The van der Waals surface area contributed by atoms with E-state index in [2.05, 4.69) is 38.1 Å². The van der Waals surface area contributed by atoms with Crippen molar-refractivity contribution >= 4 is 0 Å². The Morgan fingerprint density at radius 3 is 2.29 bits per heavy atom. The zero-order valence-electron chi connectivity index (χ0n) is 9.34. The second kappa shape index (κ2) is 3.76. The summed E-state index contributed by atoms with van der Waals surface area (Å²) in [4.78, 5) is 0. The van der Waals surface area contributed by atoms with Crippen molar-refractivity contribution in [3.8, 4) is 0 Å². The molecule has 76 valence electrons. The van der Waals surface area contributed by atoms with Crippen LogP contribution in [0.5, 0.6) is 0 Å². The Hall–Kier alpha value is -0.780. The van der Waals surface area contributed by atoms with Crippen molar-refractivity contribution in [3.05, 3.63) is 35.4 Å². The van der Waals surface area contributed by atoms with Crippen LogP contribution in [-0.4, -0.2) is 0 Å². The molecule has 1 aromatic carbocycles. The Kier molecular flexibility index (Phi) is 2.62. The Balaban J connectivity index is 2.10. The summed E-state index contributed by atoms with van der Waals surface area (Å²) < 4.78 is 0. The molecular formula is C14H20. The van der Waals surface area contributed by atoms with Crippen LogP contribution < -0.4 is 0 Å². The van der Waals surface area contributed by atoms with Gasteiger partial charge < -0.3 is 0 Å². The summed E-state index contributed by atoms with van der Waals surface area (Å²) in [5.41, 5.74) is 3.54. The van der Waals surface area contributed by atoms with E-state index >= 15 is 0 Å². The fourth-order valence-corrected chi connectivity index (χ4v) is 2.26. The molecule has 1 aliphatic rings. The highest BCUT2D eigenvalue weighted by atomic mass is 14.5. The Bertz CT molecular complexity index is 290. The molecule has 1 fully saturated rings. The maximum Gasteiger partial charge on any atom is -0.00463 e. The molecular weight excluding hydrogens is 168 g/mol. The van der Waals surface area contributed by atoms with Crippen molar-refractivity contribution in [2.75, 3.05) is 0 Å². The molecule has 0 saturated heterocycles. The molecule has 0 radical (unpaired) electrons. The van der Waals surface area contributed by atoms with Crippen molar-refractivity contribution in [1.29, 1.82) is 0 Å². The number of benzene rings is 1. The minimum atomic E-state index is 0.587. The quantitative estimate of drug-likeness (QED) is 0.663. The molecule has 0 aromatic heterocycles. The third-order valence-corrected chi connectivity index (χ3v) is 3.53. The van der Waals surface area contributed by atoms with Crippen LogP contribution in [0.2, 0.25) is 0 Å². The van der Waals surface area contributed by atoms with Crippen LogP contribution in [0.3, 0.4) is 0 Å². The summed E-state index contributed by atoms with van der Waals surface area (Å²) in [5, 5.41) is 0. The smallest absolute Gasteiger partial charge is 0.00463 e. The van der Waals surface area contributed by atoms with Gasteiger partial charge in [-0.15, -0.1) is 0 Å². The lowest BCUT2D eigenvalue weighted by Crippen LogP contribution is -2.05. The lowest BCUT2D eigenvalue weighted by molar-refractivity contribution is 0.575. The molecule has 1 saturated carbocycles. The van der Waals surface area contributed by atoms with E-state index in [0.717, 1.165) is 0 Å². The van der Waals surface area contributed by atoms with Crippen LogP contribution >= 0.6 is 0 Å². The molecule has 0 bridgehead atoms. The van der Waals surface area contributed by atoms with E-state index in [1.54, 1.807) is 5.56 Å². The van der Waals surface area contributed by atoms with Crippen molar-refractivity contribution in [3.63, 3.8) is 0 Å². The standard InChI is InChI=1S/C14H20/c1-3-4-9-14(10-11-14)13-7-5-12(2)6-8-13/h5-8H,3-4,9-11H2,1-2H3. The topological polar surface area (TPSA) is 0 Å². The first-order chi connectivity index (χ1) is 6.77. The van der Waals surface area contributed by atoms with Crippen molar-refractivity contribution < 1.29 is 0 Å². The Labute approximate surface area is 87.3 Å². The minimum Gasteiger partial charge on any atom is -0.0654 e. The zero-order valence-corrected chi connectivity index (χ0v) is 9.34. The molecule has 0 aliphatic heterocycles. The van der Waals surface area contributed by atoms with Gasteiger partial charge in [0, 0.05) is 0 Å². The summed E-state index contributed by atoms with van der Waals surface area (Å²) in [5.74, 6) is 0. The van der Waals surface area contributed by atoms with E-state index in [4.69, 9.17) is 0 Å². The van der Waals surface area contributed by atoms with E-state index in [1.165, 1.54) is 37.7 Å². The maximum absolute atomic E-state index is 2.33.